The summed E-state index contributed by atoms with van der Waals surface area (Å²) in [4.78, 5) is 0. The number of halogens is 3. The van der Waals surface area contributed by atoms with Gasteiger partial charge in [0.1, 0.15) is 0 Å². The van der Waals surface area contributed by atoms with E-state index in [1.807, 2.05) is 0 Å². The standard InChI is InChI=1S/C13H18F3NO2/c14-13(15,16)19-12-8-4-3-7-11(12)18-10-6-2-1-5-9-17/h3-4,7-8H,1-2,5-6,9-10,17H2. The van der Waals surface area contributed by atoms with E-state index in [1.165, 1.54) is 18.2 Å². The monoisotopic (exact) mass is 277 g/mol. The molecule has 0 saturated heterocycles. The summed E-state index contributed by atoms with van der Waals surface area (Å²) in [7, 11) is 0. The van der Waals surface area contributed by atoms with Crippen molar-refractivity contribution in [2.75, 3.05) is 13.2 Å². The Labute approximate surface area is 110 Å². The van der Waals surface area contributed by atoms with Crippen LogP contribution in [0.25, 0.3) is 0 Å². The largest absolute Gasteiger partial charge is 0.573 e. The Bertz CT molecular complexity index is 369. The van der Waals surface area contributed by atoms with E-state index in [-0.39, 0.29) is 11.5 Å². The molecule has 0 aliphatic rings. The predicted octanol–water partition coefficient (Wildman–Crippen LogP) is 3.48. The predicted molar refractivity (Wildman–Crippen MR) is 66.1 cm³/mol. The summed E-state index contributed by atoms with van der Waals surface area (Å²) >= 11 is 0. The second-order valence-electron chi connectivity index (χ2n) is 4.05. The molecular formula is C13H18F3NO2. The van der Waals surface area contributed by atoms with Crippen molar-refractivity contribution in [1.82, 2.24) is 0 Å². The van der Waals surface area contributed by atoms with Gasteiger partial charge in [0.05, 0.1) is 6.61 Å². The van der Waals surface area contributed by atoms with Crippen LogP contribution in [0.3, 0.4) is 0 Å². The van der Waals surface area contributed by atoms with Crippen molar-refractivity contribution < 1.29 is 22.6 Å². The summed E-state index contributed by atoms with van der Waals surface area (Å²) in [5.74, 6) is -0.199. The molecule has 0 amide bonds. The van der Waals surface area contributed by atoms with Crippen molar-refractivity contribution in [3.63, 3.8) is 0 Å². The quantitative estimate of drug-likeness (QED) is 0.740. The summed E-state index contributed by atoms with van der Waals surface area (Å²) in [6.07, 6.45) is -1.03. The highest BCUT2D eigenvalue weighted by molar-refractivity contribution is 5.39. The van der Waals surface area contributed by atoms with Crippen molar-refractivity contribution in [3.05, 3.63) is 24.3 Å². The molecule has 1 rings (SSSR count). The number of rotatable bonds is 8. The molecule has 19 heavy (non-hydrogen) atoms. The molecule has 1 aromatic rings. The van der Waals surface area contributed by atoms with Gasteiger partial charge in [-0.1, -0.05) is 25.0 Å². The van der Waals surface area contributed by atoms with Gasteiger partial charge in [-0.15, -0.1) is 13.2 Å². The van der Waals surface area contributed by atoms with Crippen LogP contribution in [-0.4, -0.2) is 19.5 Å². The minimum Gasteiger partial charge on any atom is -0.490 e. The van der Waals surface area contributed by atoms with Crippen LogP contribution in [-0.2, 0) is 0 Å². The van der Waals surface area contributed by atoms with E-state index in [0.29, 0.717) is 13.2 Å². The minimum atomic E-state index is -4.71. The lowest BCUT2D eigenvalue weighted by Gasteiger charge is -2.13. The van der Waals surface area contributed by atoms with Crippen LogP contribution in [0, 0.1) is 0 Å². The molecule has 0 spiro atoms. The highest BCUT2D eigenvalue weighted by Crippen LogP contribution is 2.31. The Morgan fingerprint density at radius 2 is 1.58 bits per heavy atom. The van der Waals surface area contributed by atoms with Gasteiger partial charge in [0, 0.05) is 0 Å². The molecule has 0 bridgehead atoms. The van der Waals surface area contributed by atoms with E-state index >= 15 is 0 Å². The second kappa shape index (κ2) is 7.89. The van der Waals surface area contributed by atoms with E-state index in [9.17, 15) is 13.2 Å². The van der Waals surface area contributed by atoms with Crippen LogP contribution in [0.4, 0.5) is 13.2 Å². The average Bonchev–Trinajstić information content (AvgIpc) is 2.33. The van der Waals surface area contributed by atoms with Gasteiger partial charge in [-0.3, -0.25) is 0 Å². The molecule has 6 heteroatoms. The maximum absolute atomic E-state index is 12.2. The van der Waals surface area contributed by atoms with Crippen LogP contribution in [0.15, 0.2) is 24.3 Å². The summed E-state index contributed by atoms with van der Waals surface area (Å²) in [5.41, 5.74) is 5.36. The highest BCUT2D eigenvalue weighted by atomic mass is 19.4. The van der Waals surface area contributed by atoms with Crippen LogP contribution in [0.5, 0.6) is 11.5 Å². The molecule has 0 aliphatic heterocycles. The van der Waals surface area contributed by atoms with Crippen molar-refractivity contribution in [2.24, 2.45) is 5.73 Å². The number of benzene rings is 1. The first-order valence-electron chi connectivity index (χ1n) is 6.20. The maximum atomic E-state index is 12.2. The molecule has 0 aliphatic carbocycles. The number of unbranched alkanes of at least 4 members (excludes halogenated alkanes) is 3. The molecule has 2 N–H and O–H groups in total. The molecule has 0 saturated carbocycles. The van der Waals surface area contributed by atoms with E-state index < -0.39 is 6.36 Å². The maximum Gasteiger partial charge on any atom is 0.573 e. The average molecular weight is 277 g/mol. The molecule has 3 nitrogen and oxygen atoms in total. The first-order valence-corrected chi connectivity index (χ1v) is 6.20. The van der Waals surface area contributed by atoms with Gasteiger partial charge in [-0.05, 0) is 31.5 Å². The summed E-state index contributed by atoms with van der Waals surface area (Å²) in [6, 6.07) is 5.76. The Hall–Kier alpha value is -1.43. The number of ether oxygens (including phenoxy) is 2. The zero-order valence-corrected chi connectivity index (χ0v) is 10.6. The fraction of sp³-hybridized carbons (Fsp3) is 0.538. The number of nitrogens with two attached hydrogens (primary N) is 1. The SMILES string of the molecule is NCCCCCCOc1ccccc1OC(F)(F)F. The molecule has 0 fully saturated rings. The Morgan fingerprint density at radius 3 is 2.21 bits per heavy atom. The second-order valence-corrected chi connectivity index (χ2v) is 4.05. The van der Waals surface area contributed by atoms with Gasteiger partial charge >= 0.3 is 6.36 Å². The third-order valence-electron chi connectivity index (χ3n) is 2.43. The van der Waals surface area contributed by atoms with Crippen LogP contribution < -0.4 is 15.2 Å². The molecular weight excluding hydrogens is 259 g/mol. The van der Waals surface area contributed by atoms with Gasteiger partial charge in [-0.2, -0.15) is 0 Å². The Morgan fingerprint density at radius 1 is 0.947 bits per heavy atom. The fourth-order valence-corrected chi connectivity index (χ4v) is 1.56. The molecule has 0 radical (unpaired) electrons. The van der Waals surface area contributed by atoms with Gasteiger partial charge in [-0.25, -0.2) is 0 Å². The van der Waals surface area contributed by atoms with E-state index in [0.717, 1.165) is 25.7 Å². The van der Waals surface area contributed by atoms with Gasteiger partial charge in [0.2, 0.25) is 0 Å². The lowest BCUT2D eigenvalue weighted by atomic mass is 10.2. The van der Waals surface area contributed by atoms with Gasteiger partial charge in [0.15, 0.2) is 11.5 Å². The summed E-state index contributed by atoms with van der Waals surface area (Å²) < 4.78 is 45.7. The van der Waals surface area contributed by atoms with Crippen molar-refractivity contribution >= 4 is 0 Å². The van der Waals surface area contributed by atoms with Crippen molar-refractivity contribution in [2.45, 2.75) is 32.0 Å². The lowest BCUT2D eigenvalue weighted by molar-refractivity contribution is -0.275. The summed E-state index contributed by atoms with van der Waals surface area (Å²) in [6.45, 7) is 1.02. The smallest absolute Gasteiger partial charge is 0.490 e. The zero-order valence-electron chi connectivity index (χ0n) is 10.6. The molecule has 0 unspecified atom stereocenters. The van der Waals surface area contributed by atoms with Gasteiger partial charge < -0.3 is 15.2 Å². The van der Waals surface area contributed by atoms with E-state index in [2.05, 4.69) is 4.74 Å². The lowest BCUT2D eigenvalue weighted by Crippen LogP contribution is -2.17. The van der Waals surface area contributed by atoms with Gasteiger partial charge in [0.25, 0.3) is 0 Å². The third kappa shape index (κ3) is 6.91. The molecule has 1 aromatic carbocycles. The number of alkyl halides is 3. The molecule has 0 aromatic heterocycles. The highest BCUT2D eigenvalue weighted by Gasteiger charge is 2.32. The van der Waals surface area contributed by atoms with Crippen molar-refractivity contribution in [3.8, 4) is 11.5 Å². The summed E-state index contributed by atoms with van der Waals surface area (Å²) in [5, 5.41) is 0. The van der Waals surface area contributed by atoms with Crippen molar-refractivity contribution in [1.29, 1.82) is 0 Å². The number of hydrogen-bond donors (Lipinski definition) is 1. The first kappa shape index (κ1) is 15.6. The topological polar surface area (TPSA) is 44.5 Å². The first-order chi connectivity index (χ1) is 9.03. The zero-order chi connectivity index (χ0) is 14.1. The fourth-order valence-electron chi connectivity index (χ4n) is 1.56. The minimum absolute atomic E-state index is 0.110. The van der Waals surface area contributed by atoms with Crippen LogP contribution in [0.1, 0.15) is 25.7 Å². The third-order valence-corrected chi connectivity index (χ3v) is 2.43. The van der Waals surface area contributed by atoms with Crippen LogP contribution in [0.2, 0.25) is 0 Å². The molecule has 108 valence electrons. The normalized spacial score (nSPS) is 11.4. The molecule has 0 heterocycles. The molecule has 0 atom stereocenters. The number of para-hydroxylation sites is 2. The van der Waals surface area contributed by atoms with E-state index in [4.69, 9.17) is 10.5 Å². The Balaban J connectivity index is 2.40. The Kier molecular flexibility index (Phi) is 6.49. The number of hydrogen-bond acceptors (Lipinski definition) is 3. The van der Waals surface area contributed by atoms with E-state index in [1.54, 1.807) is 6.07 Å². The van der Waals surface area contributed by atoms with Crippen LogP contribution >= 0.6 is 0 Å².